The zero-order valence-corrected chi connectivity index (χ0v) is 29.2. The summed E-state index contributed by atoms with van der Waals surface area (Å²) in [4.78, 5) is 50.4. The van der Waals surface area contributed by atoms with E-state index < -0.39 is 11.8 Å². The van der Waals surface area contributed by atoms with Crippen molar-refractivity contribution in [2.75, 3.05) is 55.0 Å². The second-order valence-corrected chi connectivity index (χ2v) is 14.1. The Balaban J connectivity index is 1.12. The molecule has 5 aliphatic rings. The largest absolute Gasteiger partial charge is 0.461 e. The summed E-state index contributed by atoms with van der Waals surface area (Å²) in [6.45, 7) is 5.17. The van der Waals surface area contributed by atoms with Crippen LogP contribution in [0.3, 0.4) is 0 Å². The number of anilines is 4. The minimum Gasteiger partial charge on any atom is -0.461 e. The van der Waals surface area contributed by atoms with Crippen LogP contribution in [0.5, 0.6) is 0 Å². The molecule has 1 aliphatic carbocycles. The number of piperazine rings is 1. The van der Waals surface area contributed by atoms with Crippen LogP contribution >= 0.6 is 0 Å². The van der Waals surface area contributed by atoms with E-state index in [1.807, 2.05) is 18.2 Å². The number of ether oxygens (including phenoxy) is 2. The number of hydrogen-bond acceptors (Lipinski definition) is 9. The van der Waals surface area contributed by atoms with Crippen LogP contribution in [0.25, 0.3) is 11.1 Å². The molecule has 0 saturated carbocycles. The fraction of sp³-hybridized carbons (Fsp3) is 0.421. The lowest BCUT2D eigenvalue weighted by molar-refractivity contribution is -0.142. The number of nitrogens with one attached hydrogen (secondary N) is 1. The van der Waals surface area contributed by atoms with Gasteiger partial charge in [-0.05, 0) is 80.3 Å². The number of aryl methyl sites for hydroxylation is 2. The topological polar surface area (TPSA) is 114 Å². The summed E-state index contributed by atoms with van der Waals surface area (Å²) in [5, 5.41) is 3.17. The highest BCUT2D eigenvalue weighted by Crippen LogP contribution is 2.37. The Morgan fingerprint density at radius 2 is 1.86 bits per heavy atom. The van der Waals surface area contributed by atoms with Gasteiger partial charge in [-0.15, -0.1) is 0 Å². The highest BCUT2D eigenvalue weighted by Gasteiger charge is 2.36. The molecule has 7 heterocycles. The summed E-state index contributed by atoms with van der Waals surface area (Å²) in [5.41, 5.74) is 5.65. The van der Waals surface area contributed by atoms with Gasteiger partial charge >= 0.3 is 5.97 Å². The van der Waals surface area contributed by atoms with E-state index >= 15 is 4.39 Å². The number of aromatic nitrogens is 3. The summed E-state index contributed by atoms with van der Waals surface area (Å²) in [7, 11) is 3.75. The average molecular weight is 696 g/mol. The molecule has 3 aromatic heterocycles. The molecule has 51 heavy (non-hydrogen) atoms. The summed E-state index contributed by atoms with van der Waals surface area (Å²) in [6.07, 6.45) is 7.50. The van der Waals surface area contributed by atoms with E-state index in [0.717, 1.165) is 44.5 Å². The van der Waals surface area contributed by atoms with E-state index in [2.05, 4.69) is 31.7 Å². The third-order valence-electron chi connectivity index (χ3n) is 10.7. The molecule has 0 radical (unpaired) electrons. The summed E-state index contributed by atoms with van der Waals surface area (Å²) >= 11 is 0. The zero-order valence-electron chi connectivity index (χ0n) is 29.2. The average Bonchev–Trinajstić information content (AvgIpc) is 3.24. The first kappa shape index (κ1) is 33.2. The van der Waals surface area contributed by atoms with Crippen molar-refractivity contribution < 1.29 is 23.5 Å². The lowest BCUT2D eigenvalue weighted by Crippen LogP contribution is -2.56. The Kier molecular flexibility index (Phi) is 8.63. The maximum absolute atomic E-state index is 15.6. The van der Waals surface area contributed by atoms with Crippen molar-refractivity contribution in [2.24, 2.45) is 7.05 Å². The first-order valence-electron chi connectivity index (χ1n) is 17.6. The number of carbonyl (C=O) groups is 2. The van der Waals surface area contributed by atoms with Crippen molar-refractivity contribution in [3.8, 4) is 11.1 Å². The number of pyridine rings is 2. The van der Waals surface area contributed by atoms with Crippen LogP contribution < -0.4 is 20.7 Å². The smallest absolute Gasteiger partial charge is 0.302 e. The van der Waals surface area contributed by atoms with Crippen LogP contribution in [-0.4, -0.2) is 82.9 Å². The number of esters is 1. The van der Waals surface area contributed by atoms with Crippen LogP contribution in [0, 0.1) is 5.82 Å². The van der Waals surface area contributed by atoms with E-state index in [4.69, 9.17) is 9.47 Å². The number of halogens is 1. The second-order valence-electron chi connectivity index (χ2n) is 14.1. The number of hydrogen-bond donors (Lipinski definition) is 1. The van der Waals surface area contributed by atoms with Crippen molar-refractivity contribution in [1.82, 2.24) is 19.0 Å². The quantitative estimate of drug-likeness (QED) is 0.284. The standard InChI is InChI=1S/C38H42FN7O5/c1-23(47)51-22-31-30(14-26(39)15-34(31)45-11-10-44-33-7-5-4-6-24(33)13-35(44)38(45)49)25-12-32(37(48)43(3)17-25)41-36-9-8-27(16-40-36)46-19-28-20-50-21-29(46)18-42(28)2/h8-9,12-17,28-29H,4-7,10-11,18-22H2,1-3H3,(H,40,41). The maximum Gasteiger partial charge on any atom is 0.302 e. The van der Waals surface area contributed by atoms with Gasteiger partial charge in [-0.3, -0.25) is 19.3 Å². The Morgan fingerprint density at radius 1 is 1.04 bits per heavy atom. The maximum atomic E-state index is 15.6. The molecule has 3 fully saturated rings. The van der Waals surface area contributed by atoms with E-state index in [9.17, 15) is 14.4 Å². The van der Waals surface area contributed by atoms with Crippen molar-refractivity contribution >= 4 is 34.8 Å². The van der Waals surface area contributed by atoms with Crippen LogP contribution in [0.2, 0.25) is 0 Å². The van der Waals surface area contributed by atoms with Gasteiger partial charge in [0.2, 0.25) is 0 Å². The van der Waals surface area contributed by atoms with Gasteiger partial charge < -0.3 is 33.7 Å². The number of benzene rings is 1. The molecule has 4 aromatic rings. The molecule has 2 unspecified atom stereocenters. The third-order valence-corrected chi connectivity index (χ3v) is 10.7. The molecule has 1 aromatic carbocycles. The van der Waals surface area contributed by atoms with Crippen molar-refractivity contribution in [3.63, 3.8) is 0 Å². The molecular weight excluding hydrogens is 653 g/mol. The third kappa shape index (κ3) is 6.18. The summed E-state index contributed by atoms with van der Waals surface area (Å²) < 4.78 is 30.5. The van der Waals surface area contributed by atoms with Crippen molar-refractivity contribution in [2.45, 2.75) is 57.8 Å². The Labute approximate surface area is 295 Å². The number of fused-ring (bicyclic) bond motifs is 7. The predicted octanol–water partition coefficient (Wildman–Crippen LogP) is 4.25. The minimum atomic E-state index is -0.556. The number of rotatable bonds is 7. The SMILES string of the molecule is CC(=O)OCc1c(-c2cc(Nc3ccc(N4CC5COCC4CN5C)cn3)c(=O)n(C)c2)cc(F)cc1N1CCn2c(cc3c2CCCC3)C1=O. The monoisotopic (exact) mass is 695 g/mol. The molecule has 9 rings (SSSR count). The molecule has 13 heteroatoms. The zero-order chi connectivity index (χ0) is 35.4. The van der Waals surface area contributed by atoms with E-state index in [1.165, 1.54) is 34.9 Å². The van der Waals surface area contributed by atoms with Gasteiger partial charge in [0.1, 0.15) is 29.6 Å². The minimum absolute atomic E-state index is 0.185. The van der Waals surface area contributed by atoms with Gasteiger partial charge in [0, 0.05) is 63.2 Å². The molecule has 12 nitrogen and oxygen atoms in total. The molecule has 1 N–H and O–H groups in total. The fourth-order valence-corrected chi connectivity index (χ4v) is 8.10. The molecule has 4 aliphatic heterocycles. The van der Waals surface area contributed by atoms with Gasteiger partial charge in [0.05, 0.1) is 42.9 Å². The van der Waals surface area contributed by atoms with Gasteiger partial charge in [0.15, 0.2) is 0 Å². The lowest BCUT2D eigenvalue weighted by atomic mass is 9.97. The van der Waals surface area contributed by atoms with E-state index in [0.29, 0.717) is 66.2 Å². The highest BCUT2D eigenvalue weighted by atomic mass is 19.1. The summed E-state index contributed by atoms with van der Waals surface area (Å²) in [6, 6.07) is 10.7. The molecule has 3 saturated heterocycles. The second kappa shape index (κ2) is 13.3. The molecule has 0 spiro atoms. The van der Waals surface area contributed by atoms with Crippen molar-refractivity contribution in [3.05, 3.63) is 87.5 Å². The normalized spacial score (nSPS) is 20.2. The highest BCUT2D eigenvalue weighted by molar-refractivity contribution is 6.07. The summed E-state index contributed by atoms with van der Waals surface area (Å²) in [5.74, 6) is -0.807. The van der Waals surface area contributed by atoms with Crippen LogP contribution in [0.1, 0.15) is 47.1 Å². The van der Waals surface area contributed by atoms with Crippen LogP contribution in [-0.2, 0) is 47.3 Å². The molecular formula is C38H42FN7O5. The molecule has 1 amide bonds. The molecule has 266 valence electrons. The van der Waals surface area contributed by atoms with Gasteiger partial charge in [-0.1, -0.05) is 0 Å². The number of carbonyl (C=O) groups excluding carboxylic acids is 2. The fourth-order valence-electron chi connectivity index (χ4n) is 8.10. The van der Waals surface area contributed by atoms with Gasteiger partial charge in [-0.2, -0.15) is 0 Å². The number of nitrogens with zero attached hydrogens (tertiary/aromatic N) is 6. The first-order chi connectivity index (χ1) is 24.6. The van der Waals surface area contributed by atoms with Gasteiger partial charge in [0.25, 0.3) is 11.5 Å². The van der Waals surface area contributed by atoms with Crippen LogP contribution in [0.4, 0.5) is 27.3 Å². The Hall–Kier alpha value is -5.01. The predicted molar refractivity (Wildman–Crippen MR) is 191 cm³/mol. The van der Waals surface area contributed by atoms with E-state index in [-0.39, 0.29) is 29.8 Å². The number of likely N-dealkylation sites (N-methyl/N-ethyl adjacent to an activating group) is 1. The van der Waals surface area contributed by atoms with Gasteiger partial charge in [-0.25, -0.2) is 9.37 Å². The molecule has 2 atom stereocenters. The van der Waals surface area contributed by atoms with Crippen molar-refractivity contribution in [1.29, 1.82) is 0 Å². The van der Waals surface area contributed by atoms with E-state index in [1.54, 1.807) is 30.4 Å². The first-order valence-corrected chi connectivity index (χ1v) is 17.6. The lowest BCUT2D eigenvalue weighted by Gasteiger charge is -2.42. The Bertz CT molecular complexity index is 2080. The van der Waals surface area contributed by atoms with Crippen LogP contribution in [0.15, 0.2) is 53.6 Å². The molecule has 2 bridgehead atoms. The number of amides is 1. The Morgan fingerprint density at radius 3 is 2.67 bits per heavy atom.